The minimum atomic E-state index is -0.888. The highest BCUT2D eigenvalue weighted by molar-refractivity contribution is 5.81. The van der Waals surface area contributed by atoms with Crippen LogP contribution in [-0.2, 0) is 11.2 Å². The number of nitrogens with zero attached hydrogens (tertiary/aromatic N) is 2. The third kappa shape index (κ3) is 2.08. The van der Waals surface area contributed by atoms with Gasteiger partial charge in [-0.15, -0.1) is 0 Å². The summed E-state index contributed by atoms with van der Waals surface area (Å²) in [4.78, 5) is 15.1. The number of carbonyl (C=O) groups is 1. The topological polar surface area (TPSA) is 92.0 Å². The van der Waals surface area contributed by atoms with Crippen LogP contribution in [0.25, 0.3) is 22.4 Å². The number of aromatic amines is 1. The predicted octanol–water partition coefficient (Wildman–Crippen LogP) is 2.15. The van der Waals surface area contributed by atoms with Gasteiger partial charge in [-0.3, -0.25) is 9.89 Å². The number of rotatable bonds is 3. The molecule has 0 saturated heterocycles. The maximum Gasteiger partial charge on any atom is 0.307 e. The van der Waals surface area contributed by atoms with Crippen molar-refractivity contribution in [2.45, 2.75) is 13.3 Å². The summed E-state index contributed by atoms with van der Waals surface area (Å²) in [7, 11) is 0. The maximum absolute atomic E-state index is 10.8. The monoisotopic (exact) mass is 257 g/mol. The molecule has 0 bridgehead atoms. The summed E-state index contributed by atoms with van der Waals surface area (Å²) in [5, 5.41) is 15.6. The van der Waals surface area contributed by atoms with Gasteiger partial charge < -0.3 is 9.52 Å². The lowest BCUT2D eigenvalue weighted by Crippen LogP contribution is -2.00. The second-order valence-corrected chi connectivity index (χ2v) is 4.26. The second kappa shape index (κ2) is 4.24. The van der Waals surface area contributed by atoms with Gasteiger partial charge in [0.1, 0.15) is 5.52 Å². The van der Waals surface area contributed by atoms with E-state index in [2.05, 4.69) is 15.2 Å². The van der Waals surface area contributed by atoms with Crippen LogP contribution in [0.2, 0.25) is 0 Å². The Labute approximate surface area is 108 Å². The van der Waals surface area contributed by atoms with Crippen LogP contribution >= 0.6 is 0 Å². The van der Waals surface area contributed by atoms with Gasteiger partial charge in [0.25, 0.3) is 0 Å². The third-order valence-corrected chi connectivity index (χ3v) is 2.84. The molecule has 0 radical (unpaired) electrons. The maximum atomic E-state index is 10.8. The number of carboxylic acids is 1. The number of nitrogens with one attached hydrogen (secondary N) is 1. The molecule has 0 unspecified atom stereocenters. The summed E-state index contributed by atoms with van der Waals surface area (Å²) in [6, 6.07) is 5.52. The molecule has 0 amide bonds. The molecule has 6 nitrogen and oxygen atoms in total. The van der Waals surface area contributed by atoms with Crippen molar-refractivity contribution in [3.05, 3.63) is 35.9 Å². The van der Waals surface area contributed by atoms with Crippen molar-refractivity contribution < 1.29 is 14.3 Å². The molecule has 0 spiro atoms. The number of oxazole rings is 1. The summed E-state index contributed by atoms with van der Waals surface area (Å²) in [6.07, 6.45) is 1.46. The number of H-pyrrole nitrogens is 1. The molecule has 0 aliphatic heterocycles. The van der Waals surface area contributed by atoms with Gasteiger partial charge in [-0.2, -0.15) is 5.10 Å². The lowest BCUT2D eigenvalue weighted by molar-refractivity contribution is -0.136. The van der Waals surface area contributed by atoms with Crippen LogP contribution < -0.4 is 0 Å². The van der Waals surface area contributed by atoms with Crippen molar-refractivity contribution in [3.8, 4) is 11.3 Å². The SMILES string of the molecule is Cc1nc2cc(-c3[nH]ncc3CC(=O)O)ccc2o1. The molecule has 0 aliphatic carbocycles. The Morgan fingerprint density at radius 1 is 1.47 bits per heavy atom. The average Bonchev–Trinajstić information content (AvgIpc) is 2.92. The van der Waals surface area contributed by atoms with Crippen molar-refractivity contribution in [2.75, 3.05) is 0 Å². The number of carboxylic acid groups (broad SMARTS) is 1. The lowest BCUT2D eigenvalue weighted by atomic mass is 10.1. The smallest absolute Gasteiger partial charge is 0.307 e. The van der Waals surface area contributed by atoms with E-state index < -0.39 is 5.97 Å². The number of hydrogen-bond acceptors (Lipinski definition) is 4. The van der Waals surface area contributed by atoms with Crippen LogP contribution in [0.3, 0.4) is 0 Å². The highest BCUT2D eigenvalue weighted by Crippen LogP contribution is 2.26. The fourth-order valence-corrected chi connectivity index (χ4v) is 2.06. The number of aliphatic carboxylic acids is 1. The van der Waals surface area contributed by atoms with E-state index in [9.17, 15) is 4.79 Å². The van der Waals surface area contributed by atoms with Gasteiger partial charge in [-0.05, 0) is 18.2 Å². The van der Waals surface area contributed by atoms with Crippen molar-refractivity contribution in [2.24, 2.45) is 0 Å². The molecular weight excluding hydrogens is 246 g/mol. The molecule has 0 fully saturated rings. The number of benzene rings is 1. The molecule has 0 saturated carbocycles. The standard InChI is InChI=1S/C13H11N3O3/c1-7-15-10-4-8(2-3-11(10)19-7)13-9(5-12(17)18)6-14-16-13/h2-4,6H,5H2,1H3,(H,14,16)(H,17,18). The number of fused-ring (bicyclic) bond motifs is 1. The van der Waals surface area contributed by atoms with Gasteiger partial charge >= 0.3 is 5.97 Å². The second-order valence-electron chi connectivity index (χ2n) is 4.26. The van der Waals surface area contributed by atoms with Gasteiger partial charge in [-0.25, -0.2) is 4.98 Å². The summed E-state index contributed by atoms with van der Waals surface area (Å²) in [5.41, 5.74) is 3.64. The normalized spacial score (nSPS) is 11.0. The Morgan fingerprint density at radius 2 is 2.32 bits per heavy atom. The van der Waals surface area contributed by atoms with Gasteiger partial charge in [-0.1, -0.05) is 0 Å². The molecule has 0 atom stereocenters. The summed E-state index contributed by atoms with van der Waals surface area (Å²) in [6.45, 7) is 1.78. The number of aromatic nitrogens is 3. The van der Waals surface area contributed by atoms with E-state index in [1.165, 1.54) is 6.20 Å². The molecule has 3 aromatic rings. The van der Waals surface area contributed by atoms with E-state index in [1.54, 1.807) is 6.92 Å². The minimum Gasteiger partial charge on any atom is -0.481 e. The summed E-state index contributed by atoms with van der Waals surface area (Å²) >= 11 is 0. The molecule has 2 N–H and O–H groups in total. The lowest BCUT2D eigenvalue weighted by Gasteiger charge is -2.00. The fraction of sp³-hybridized carbons (Fsp3) is 0.154. The first-order chi connectivity index (χ1) is 9.13. The Bertz CT molecular complexity index is 757. The quantitative estimate of drug-likeness (QED) is 0.750. The van der Waals surface area contributed by atoms with E-state index >= 15 is 0 Å². The Kier molecular flexibility index (Phi) is 2.56. The Hall–Kier alpha value is -2.63. The van der Waals surface area contributed by atoms with E-state index in [0.717, 1.165) is 11.1 Å². The molecule has 2 heterocycles. The molecule has 0 aliphatic rings. The Balaban J connectivity index is 2.08. The van der Waals surface area contributed by atoms with Gasteiger partial charge in [0.05, 0.1) is 18.3 Å². The van der Waals surface area contributed by atoms with Gasteiger partial charge in [0.2, 0.25) is 0 Å². The summed E-state index contributed by atoms with van der Waals surface area (Å²) < 4.78 is 5.40. The van der Waals surface area contributed by atoms with Crippen LogP contribution in [0.1, 0.15) is 11.5 Å². The minimum absolute atomic E-state index is 0.0677. The highest BCUT2D eigenvalue weighted by Gasteiger charge is 2.12. The van der Waals surface area contributed by atoms with E-state index in [-0.39, 0.29) is 6.42 Å². The van der Waals surface area contributed by atoms with Crippen LogP contribution in [0.5, 0.6) is 0 Å². The van der Waals surface area contributed by atoms with E-state index in [4.69, 9.17) is 9.52 Å². The molecular formula is C13H11N3O3. The number of aryl methyl sites for hydroxylation is 1. The molecule has 1 aromatic carbocycles. The zero-order chi connectivity index (χ0) is 13.4. The fourth-order valence-electron chi connectivity index (χ4n) is 2.06. The molecule has 19 heavy (non-hydrogen) atoms. The summed E-state index contributed by atoms with van der Waals surface area (Å²) in [5.74, 6) is -0.288. The molecule has 6 heteroatoms. The first kappa shape index (κ1) is 11.5. The van der Waals surface area contributed by atoms with Crippen molar-refractivity contribution in [1.29, 1.82) is 0 Å². The van der Waals surface area contributed by atoms with Crippen molar-refractivity contribution >= 4 is 17.1 Å². The average molecular weight is 257 g/mol. The Morgan fingerprint density at radius 3 is 3.11 bits per heavy atom. The van der Waals surface area contributed by atoms with Crippen LogP contribution in [0.4, 0.5) is 0 Å². The highest BCUT2D eigenvalue weighted by atomic mass is 16.4. The van der Waals surface area contributed by atoms with Crippen LogP contribution in [-0.4, -0.2) is 26.3 Å². The van der Waals surface area contributed by atoms with Crippen LogP contribution in [0, 0.1) is 6.92 Å². The van der Waals surface area contributed by atoms with Crippen LogP contribution in [0.15, 0.2) is 28.8 Å². The van der Waals surface area contributed by atoms with Crippen molar-refractivity contribution in [3.63, 3.8) is 0 Å². The number of hydrogen-bond donors (Lipinski definition) is 2. The van der Waals surface area contributed by atoms with E-state index in [1.807, 2.05) is 18.2 Å². The van der Waals surface area contributed by atoms with Gasteiger partial charge in [0, 0.05) is 18.1 Å². The zero-order valence-corrected chi connectivity index (χ0v) is 10.2. The molecule has 96 valence electrons. The van der Waals surface area contributed by atoms with E-state index in [0.29, 0.717) is 22.7 Å². The van der Waals surface area contributed by atoms with Crippen molar-refractivity contribution in [1.82, 2.24) is 15.2 Å². The zero-order valence-electron chi connectivity index (χ0n) is 10.2. The largest absolute Gasteiger partial charge is 0.481 e. The third-order valence-electron chi connectivity index (χ3n) is 2.84. The molecule has 3 rings (SSSR count). The predicted molar refractivity (Wildman–Crippen MR) is 67.7 cm³/mol. The first-order valence-corrected chi connectivity index (χ1v) is 5.75. The van der Waals surface area contributed by atoms with Gasteiger partial charge in [0.15, 0.2) is 11.5 Å². The molecule has 2 aromatic heterocycles. The first-order valence-electron chi connectivity index (χ1n) is 5.75.